The second kappa shape index (κ2) is 4.70. The second-order valence-electron chi connectivity index (χ2n) is 4.30. The van der Waals surface area contributed by atoms with Gasteiger partial charge in [-0.05, 0) is 49.9 Å². The average molecular weight is 225 g/mol. The highest BCUT2D eigenvalue weighted by Crippen LogP contribution is 2.31. The molecular weight excluding hydrogens is 209 g/mol. The van der Waals surface area contributed by atoms with Crippen molar-refractivity contribution in [3.63, 3.8) is 0 Å². The molecule has 0 unspecified atom stereocenters. The molecule has 0 radical (unpaired) electrons. The van der Waals surface area contributed by atoms with Crippen LogP contribution in [0.5, 0.6) is 11.5 Å². The summed E-state index contributed by atoms with van der Waals surface area (Å²) in [6.07, 6.45) is 2.68. The van der Waals surface area contributed by atoms with E-state index in [1.807, 2.05) is 0 Å². The molecule has 0 atom stereocenters. The lowest BCUT2D eigenvalue weighted by atomic mass is 9.90. The van der Waals surface area contributed by atoms with Crippen LogP contribution in [0.3, 0.4) is 0 Å². The summed E-state index contributed by atoms with van der Waals surface area (Å²) < 4.78 is 13.6. The molecule has 1 aromatic rings. The Labute approximate surface area is 93.9 Å². The SMILES string of the molecule is Oc1ccc(CC2CCNCC2)c(F)c1O. The topological polar surface area (TPSA) is 52.5 Å². The van der Waals surface area contributed by atoms with E-state index in [2.05, 4.69) is 5.32 Å². The van der Waals surface area contributed by atoms with E-state index in [0.717, 1.165) is 25.9 Å². The molecule has 1 aliphatic rings. The van der Waals surface area contributed by atoms with Gasteiger partial charge in [0.05, 0.1) is 0 Å². The van der Waals surface area contributed by atoms with E-state index in [0.29, 0.717) is 17.9 Å². The van der Waals surface area contributed by atoms with Crippen molar-refractivity contribution >= 4 is 0 Å². The van der Waals surface area contributed by atoms with Crippen molar-refractivity contribution in [3.05, 3.63) is 23.5 Å². The smallest absolute Gasteiger partial charge is 0.194 e. The Morgan fingerprint density at radius 3 is 2.62 bits per heavy atom. The predicted octanol–water partition coefficient (Wildman–Crippen LogP) is 1.78. The van der Waals surface area contributed by atoms with Crippen LogP contribution in [0.15, 0.2) is 12.1 Å². The van der Waals surface area contributed by atoms with Gasteiger partial charge in [-0.15, -0.1) is 0 Å². The van der Waals surface area contributed by atoms with Crippen molar-refractivity contribution < 1.29 is 14.6 Å². The number of aromatic hydroxyl groups is 2. The van der Waals surface area contributed by atoms with Crippen LogP contribution in [-0.2, 0) is 6.42 Å². The van der Waals surface area contributed by atoms with Crippen LogP contribution in [0.2, 0.25) is 0 Å². The van der Waals surface area contributed by atoms with Gasteiger partial charge in [-0.25, -0.2) is 4.39 Å². The van der Waals surface area contributed by atoms with E-state index in [1.54, 1.807) is 6.07 Å². The van der Waals surface area contributed by atoms with E-state index in [4.69, 9.17) is 5.11 Å². The lowest BCUT2D eigenvalue weighted by Gasteiger charge is -2.22. The summed E-state index contributed by atoms with van der Waals surface area (Å²) >= 11 is 0. The monoisotopic (exact) mass is 225 g/mol. The van der Waals surface area contributed by atoms with Crippen LogP contribution >= 0.6 is 0 Å². The third-order valence-corrected chi connectivity index (χ3v) is 3.14. The molecule has 3 N–H and O–H groups in total. The van der Waals surface area contributed by atoms with E-state index < -0.39 is 17.3 Å². The van der Waals surface area contributed by atoms with Crippen molar-refractivity contribution in [3.8, 4) is 11.5 Å². The molecule has 1 aromatic carbocycles. The molecular formula is C12H16FNO2. The minimum atomic E-state index is -0.682. The minimum Gasteiger partial charge on any atom is -0.504 e. The Hall–Kier alpha value is -1.29. The number of rotatable bonds is 2. The molecule has 0 bridgehead atoms. The van der Waals surface area contributed by atoms with Gasteiger partial charge < -0.3 is 15.5 Å². The fraction of sp³-hybridized carbons (Fsp3) is 0.500. The Morgan fingerprint density at radius 2 is 1.94 bits per heavy atom. The summed E-state index contributed by atoms with van der Waals surface area (Å²) in [6, 6.07) is 2.89. The Bertz CT molecular complexity index is 376. The fourth-order valence-electron chi connectivity index (χ4n) is 2.15. The minimum absolute atomic E-state index is 0.397. The molecule has 88 valence electrons. The highest BCUT2D eigenvalue weighted by atomic mass is 19.1. The maximum atomic E-state index is 13.6. The first kappa shape index (κ1) is 11.2. The predicted molar refractivity (Wildman–Crippen MR) is 59.0 cm³/mol. The molecule has 16 heavy (non-hydrogen) atoms. The molecule has 3 nitrogen and oxygen atoms in total. The summed E-state index contributed by atoms with van der Waals surface area (Å²) in [5.74, 6) is -1.25. The Kier molecular flexibility index (Phi) is 3.29. The quantitative estimate of drug-likeness (QED) is 0.672. The Balaban J connectivity index is 2.11. The number of piperidine rings is 1. The van der Waals surface area contributed by atoms with Crippen LogP contribution in [0.25, 0.3) is 0 Å². The zero-order chi connectivity index (χ0) is 11.5. The summed E-state index contributed by atoms with van der Waals surface area (Å²) in [6.45, 7) is 1.94. The maximum absolute atomic E-state index is 13.6. The van der Waals surface area contributed by atoms with Gasteiger partial charge in [-0.3, -0.25) is 0 Å². The van der Waals surface area contributed by atoms with Gasteiger partial charge >= 0.3 is 0 Å². The Morgan fingerprint density at radius 1 is 1.25 bits per heavy atom. The standard InChI is InChI=1S/C12H16FNO2/c13-11-9(1-2-10(15)12(11)16)7-8-3-5-14-6-4-8/h1-2,8,14-16H,3-7H2. The molecule has 1 heterocycles. The van der Waals surface area contributed by atoms with E-state index >= 15 is 0 Å². The number of halogens is 1. The van der Waals surface area contributed by atoms with Gasteiger partial charge in [0, 0.05) is 0 Å². The van der Waals surface area contributed by atoms with E-state index in [-0.39, 0.29) is 0 Å². The van der Waals surface area contributed by atoms with Crippen LogP contribution in [-0.4, -0.2) is 23.3 Å². The van der Waals surface area contributed by atoms with Crippen LogP contribution in [0, 0.1) is 11.7 Å². The molecule has 1 saturated heterocycles. The van der Waals surface area contributed by atoms with Gasteiger partial charge in [0.15, 0.2) is 17.3 Å². The van der Waals surface area contributed by atoms with Gasteiger partial charge in [0.25, 0.3) is 0 Å². The van der Waals surface area contributed by atoms with Gasteiger partial charge in [0.1, 0.15) is 0 Å². The van der Waals surface area contributed by atoms with Crippen molar-refractivity contribution in [1.82, 2.24) is 5.32 Å². The lowest BCUT2D eigenvalue weighted by Crippen LogP contribution is -2.28. The first-order chi connectivity index (χ1) is 7.68. The normalized spacial score (nSPS) is 17.6. The molecule has 0 spiro atoms. The molecule has 1 fully saturated rings. The largest absolute Gasteiger partial charge is 0.504 e. The molecule has 0 amide bonds. The van der Waals surface area contributed by atoms with Crippen molar-refractivity contribution in [1.29, 1.82) is 0 Å². The lowest BCUT2D eigenvalue weighted by molar-refractivity contribution is 0.355. The zero-order valence-corrected chi connectivity index (χ0v) is 9.04. The van der Waals surface area contributed by atoms with E-state index in [9.17, 15) is 9.50 Å². The number of benzene rings is 1. The molecule has 0 aliphatic carbocycles. The third kappa shape index (κ3) is 2.27. The number of phenols is 2. The molecule has 2 rings (SSSR count). The van der Waals surface area contributed by atoms with Crippen LogP contribution in [0.4, 0.5) is 4.39 Å². The van der Waals surface area contributed by atoms with Crippen molar-refractivity contribution in [2.24, 2.45) is 5.92 Å². The maximum Gasteiger partial charge on any atom is 0.194 e. The number of phenolic OH excluding ortho intramolecular Hbond substituents is 2. The summed E-state index contributed by atoms with van der Waals surface area (Å²) in [4.78, 5) is 0. The van der Waals surface area contributed by atoms with Crippen LogP contribution < -0.4 is 5.32 Å². The van der Waals surface area contributed by atoms with Gasteiger partial charge in [-0.1, -0.05) is 6.07 Å². The van der Waals surface area contributed by atoms with Crippen LogP contribution in [0.1, 0.15) is 18.4 Å². The molecule has 0 saturated carbocycles. The fourth-order valence-corrected chi connectivity index (χ4v) is 2.15. The molecule has 1 aliphatic heterocycles. The second-order valence-corrected chi connectivity index (χ2v) is 4.30. The molecule has 0 aromatic heterocycles. The first-order valence-electron chi connectivity index (χ1n) is 5.58. The highest BCUT2D eigenvalue weighted by Gasteiger charge is 2.18. The first-order valence-corrected chi connectivity index (χ1v) is 5.58. The summed E-state index contributed by atoms with van der Waals surface area (Å²) in [7, 11) is 0. The van der Waals surface area contributed by atoms with Crippen molar-refractivity contribution in [2.75, 3.05) is 13.1 Å². The summed E-state index contributed by atoms with van der Waals surface area (Å²) in [5.41, 5.74) is 0.488. The average Bonchev–Trinajstić information content (AvgIpc) is 2.31. The molecule has 4 heteroatoms. The number of hydrogen-bond donors (Lipinski definition) is 3. The van der Waals surface area contributed by atoms with E-state index in [1.165, 1.54) is 6.07 Å². The highest BCUT2D eigenvalue weighted by molar-refractivity contribution is 5.42. The van der Waals surface area contributed by atoms with Gasteiger partial charge in [0.2, 0.25) is 0 Å². The van der Waals surface area contributed by atoms with Crippen molar-refractivity contribution in [2.45, 2.75) is 19.3 Å². The third-order valence-electron chi connectivity index (χ3n) is 3.14. The number of nitrogens with one attached hydrogen (secondary N) is 1. The zero-order valence-electron chi connectivity index (χ0n) is 9.04. The van der Waals surface area contributed by atoms with Gasteiger partial charge in [-0.2, -0.15) is 0 Å². The number of hydrogen-bond acceptors (Lipinski definition) is 3. The summed E-state index contributed by atoms with van der Waals surface area (Å²) in [5, 5.41) is 21.7.